The first-order chi connectivity index (χ1) is 18.1. The largest absolute Gasteiger partial charge is 0.344 e. The predicted molar refractivity (Wildman–Crippen MR) is 175 cm³/mol. The molecule has 0 saturated carbocycles. The smallest absolute Gasteiger partial charge is 0.101 e. The van der Waals surface area contributed by atoms with Gasteiger partial charge in [0.2, 0.25) is 0 Å². The van der Waals surface area contributed by atoms with Gasteiger partial charge in [-0.05, 0) is 74.5 Å². The number of hydrogen-bond acceptors (Lipinski definition) is 4. The molecule has 4 heteroatoms. The lowest BCUT2D eigenvalue weighted by atomic mass is 10.0. The topological polar surface area (TPSA) is 118 Å². The van der Waals surface area contributed by atoms with E-state index in [1.807, 2.05) is 91.8 Å². The lowest BCUT2D eigenvalue weighted by Gasteiger charge is -2.03. The maximum atomic E-state index is 8.81. The molecule has 0 heterocycles. The van der Waals surface area contributed by atoms with E-state index in [9.17, 15) is 0 Å². The molecule has 4 aromatic rings. The third kappa shape index (κ3) is 10.2. The summed E-state index contributed by atoms with van der Waals surface area (Å²) in [6, 6.07) is 28.1. The van der Waals surface area contributed by atoms with Crippen molar-refractivity contribution in [1.29, 1.82) is 10.5 Å². The van der Waals surface area contributed by atoms with Crippen LogP contribution in [-0.4, -0.2) is 0 Å². The van der Waals surface area contributed by atoms with E-state index in [1.165, 1.54) is 33.0 Å². The molecule has 5 rings (SSSR count). The van der Waals surface area contributed by atoms with Gasteiger partial charge in [0.15, 0.2) is 0 Å². The van der Waals surface area contributed by atoms with Crippen molar-refractivity contribution in [2.75, 3.05) is 0 Å². The number of fused-ring (bicyclic) bond motifs is 3. The Kier molecular flexibility index (Phi) is 22.0. The zero-order valence-corrected chi connectivity index (χ0v) is 25.4. The van der Waals surface area contributed by atoms with Gasteiger partial charge in [0.05, 0.1) is 11.1 Å². The maximum Gasteiger partial charge on any atom is 0.101 e. The van der Waals surface area contributed by atoms with Gasteiger partial charge in [-0.15, -0.1) is 0 Å². The number of nitrogens with zero attached hydrogens (tertiary/aromatic N) is 2. The van der Waals surface area contributed by atoms with Crippen LogP contribution < -0.4 is 12.3 Å². The minimum Gasteiger partial charge on any atom is -0.344 e. The molecule has 0 unspecified atom stereocenters. The Labute approximate surface area is 237 Å². The molecule has 0 spiro atoms. The highest BCUT2D eigenvalue weighted by Gasteiger charge is 2.18. The molecule has 0 atom stereocenters. The number of benzene rings is 4. The molecule has 0 saturated heterocycles. The van der Waals surface area contributed by atoms with Gasteiger partial charge in [-0.25, -0.2) is 0 Å². The monoisotopic (exact) mass is 524 g/mol. The average Bonchev–Trinajstić information content (AvgIpc) is 3.27. The van der Waals surface area contributed by atoms with Crippen molar-refractivity contribution in [3.8, 4) is 12.1 Å². The fraction of sp³-hybridized carbons (Fsp3) is 0.257. The Balaban J connectivity index is -0.000000510. The summed E-state index contributed by atoms with van der Waals surface area (Å²) >= 11 is 0. The van der Waals surface area contributed by atoms with Gasteiger partial charge in [-0.2, -0.15) is 10.5 Å². The molecule has 1 aliphatic rings. The Bertz CT molecular complexity index is 1280. The second-order valence-corrected chi connectivity index (χ2v) is 7.10. The third-order valence-corrected chi connectivity index (χ3v) is 5.20. The van der Waals surface area contributed by atoms with Gasteiger partial charge in [0.1, 0.15) is 12.1 Å². The van der Waals surface area contributed by atoms with Crippen LogP contribution in [0.25, 0.3) is 32.7 Å². The first kappa shape index (κ1) is 39.3. The van der Waals surface area contributed by atoms with E-state index in [0.717, 1.165) is 17.2 Å². The predicted octanol–water partition coefficient (Wildman–Crippen LogP) is 11.3. The molecular weight excluding hydrogens is 476 g/mol. The zero-order chi connectivity index (χ0) is 28.4. The molecule has 0 fully saturated rings. The summed E-state index contributed by atoms with van der Waals surface area (Å²) in [6.07, 6.45) is 0.922. The maximum absolute atomic E-state index is 8.81. The first-order valence-corrected chi connectivity index (χ1v) is 13.3. The lowest BCUT2D eigenvalue weighted by Crippen LogP contribution is -1.83. The quantitative estimate of drug-likeness (QED) is 0.238. The summed E-state index contributed by atoms with van der Waals surface area (Å²) in [6.45, 7) is 24.2. The minimum atomic E-state index is 0. The van der Waals surface area contributed by atoms with E-state index >= 15 is 0 Å². The van der Waals surface area contributed by atoms with E-state index in [4.69, 9.17) is 10.5 Å². The number of rotatable bonds is 0. The zero-order valence-electron chi connectivity index (χ0n) is 25.4. The van der Waals surface area contributed by atoms with Crippen LogP contribution in [0.1, 0.15) is 84.1 Å². The van der Waals surface area contributed by atoms with Gasteiger partial charge < -0.3 is 12.3 Å². The van der Waals surface area contributed by atoms with Crippen molar-refractivity contribution >= 4 is 32.7 Å². The number of hydrogen-bond donors (Lipinski definition) is 2. The summed E-state index contributed by atoms with van der Waals surface area (Å²) in [7, 11) is 0. The number of nitriles is 2. The van der Waals surface area contributed by atoms with Crippen molar-refractivity contribution in [2.45, 2.75) is 61.8 Å². The van der Waals surface area contributed by atoms with Gasteiger partial charge in [0.25, 0.3) is 0 Å². The van der Waals surface area contributed by atoms with Crippen LogP contribution in [0.2, 0.25) is 0 Å². The van der Waals surface area contributed by atoms with Crippen molar-refractivity contribution in [3.63, 3.8) is 0 Å². The van der Waals surface area contributed by atoms with Gasteiger partial charge in [-0.3, -0.25) is 0 Å². The Morgan fingerprint density at radius 2 is 0.769 bits per heavy atom. The minimum absolute atomic E-state index is 0. The second kappa shape index (κ2) is 21.8. The summed E-state index contributed by atoms with van der Waals surface area (Å²) in [5, 5.41) is 22.2. The highest BCUT2D eigenvalue weighted by atomic mass is 14.3. The van der Waals surface area contributed by atoms with Crippen molar-refractivity contribution in [1.82, 2.24) is 12.3 Å². The standard InChI is InChI=1S/C15H12.C12H6N2.4C2H6.2H3N/c1-10-7-11(2)15-9-13-6-4-3-5-12(13)8-14(10)15;13-7-11-5-9-3-1-2-4-10(9)6-12(11)8-14;4*1-2;;/h3-6,8-9H,1-2,7H2;1-6H;4*1-2H3;2*1H3. The lowest BCUT2D eigenvalue weighted by molar-refractivity contribution is 1.45. The van der Waals surface area contributed by atoms with Crippen molar-refractivity contribution < 1.29 is 0 Å². The molecule has 0 bridgehead atoms. The van der Waals surface area contributed by atoms with Crippen LogP contribution >= 0.6 is 0 Å². The molecule has 1 aliphatic carbocycles. The highest BCUT2D eigenvalue weighted by molar-refractivity contribution is 5.98. The second-order valence-electron chi connectivity index (χ2n) is 7.10. The average molecular weight is 525 g/mol. The number of allylic oxidation sites excluding steroid dienone is 2. The van der Waals surface area contributed by atoms with Crippen LogP contribution in [0.5, 0.6) is 0 Å². The van der Waals surface area contributed by atoms with Crippen LogP contribution in [0, 0.1) is 22.7 Å². The van der Waals surface area contributed by atoms with Crippen molar-refractivity contribution in [3.05, 3.63) is 108 Å². The summed E-state index contributed by atoms with van der Waals surface area (Å²) in [5.74, 6) is 0. The molecule has 0 aromatic heterocycles. The van der Waals surface area contributed by atoms with Crippen LogP contribution in [0.4, 0.5) is 0 Å². The Morgan fingerprint density at radius 3 is 1.03 bits per heavy atom. The molecule has 0 amide bonds. The van der Waals surface area contributed by atoms with E-state index in [0.29, 0.717) is 11.1 Å². The normalized spacial score (nSPS) is 9.59. The third-order valence-electron chi connectivity index (χ3n) is 5.20. The highest BCUT2D eigenvalue weighted by Crippen LogP contribution is 2.40. The van der Waals surface area contributed by atoms with Crippen LogP contribution in [0.15, 0.2) is 86.0 Å². The van der Waals surface area contributed by atoms with Gasteiger partial charge >= 0.3 is 0 Å². The van der Waals surface area contributed by atoms with Gasteiger partial charge in [-0.1, -0.05) is 117 Å². The fourth-order valence-electron chi connectivity index (χ4n) is 3.70. The molecule has 4 nitrogen and oxygen atoms in total. The van der Waals surface area contributed by atoms with Crippen molar-refractivity contribution in [2.24, 2.45) is 0 Å². The van der Waals surface area contributed by atoms with E-state index < -0.39 is 0 Å². The molecule has 208 valence electrons. The van der Waals surface area contributed by atoms with E-state index in [-0.39, 0.29) is 12.3 Å². The Morgan fingerprint density at radius 1 is 0.513 bits per heavy atom. The summed E-state index contributed by atoms with van der Waals surface area (Å²) < 4.78 is 0. The van der Waals surface area contributed by atoms with E-state index in [1.54, 1.807) is 12.1 Å². The molecule has 6 N–H and O–H groups in total. The summed E-state index contributed by atoms with van der Waals surface area (Å²) in [5.41, 5.74) is 5.82. The summed E-state index contributed by atoms with van der Waals surface area (Å²) in [4.78, 5) is 0. The molecule has 4 aromatic carbocycles. The molecule has 0 aliphatic heterocycles. The van der Waals surface area contributed by atoms with Gasteiger partial charge in [0, 0.05) is 0 Å². The molecule has 39 heavy (non-hydrogen) atoms. The SMILES string of the molecule is C=C1CC(=C)c2cc3ccccc3cc21.CC.CC.CC.CC.N.N.N#Cc1cc2ccccc2cc1C#N. The van der Waals surface area contributed by atoms with E-state index in [2.05, 4.69) is 49.6 Å². The fourth-order valence-corrected chi connectivity index (χ4v) is 3.70. The first-order valence-electron chi connectivity index (χ1n) is 13.3. The molecule has 0 radical (unpaired) electrons. The Hall–Kier alpha value is -4.22. The van der Waals surface area contributed by atoms with Crippen LogP contribution in [-0.2, 0) is 0 Å². The van der Waals surface area contributed by atoms with Crippen LogP contribution in [0.3, 0.4) is 0 Å². The molecular formula is C35H48N4.